The first-order valence-corrected chi connectivity index (χ1v) is 10.8. The molecule has 31 heavy (non-hydrogen) atoms. The molecular weight excluding hydrogens is 390 g/mol. The number of likely N-dealkylation sites (N-methyl/N-ethyl adjacent to an activating group) is 1. The topological polar surface area (TPSA) is 69.2 Å². The number of hydrogen-bond acceptors (Lipinski definition) is 4. The van der Waals surface area contributed by atoms with E-state index in [1.54, 1.807) is 7.05 Å². The van der Waals surface area contributed by atoms with Crippen molar-refractivity contribution in [2.75, 3.05) is 45.7 Å². The summed E-state index contributed by atoms with van der Waals surface area (Å²) in [6.45, 7) is 3.60. The van der Waals surface area contributed by atoms with Gasteiger partial charge in [0.25, 0.3) is 0 Å². The van der Waals surface area contributed by atoms with E-state index < -0.39 is 0 Å². The van der Waals surface area contributed by atoms with Gasteiger partial charge in [0.15, 0.2) is 5.96 Å². The zero-order chi connectivity index (χ0) is 22.1. The van der Waals surface area contributed by atoms with Gasteiger partial charge in [-0.05, 0) is 44.3 Å². The molecule has 0 unspecified atom stereocenters. The van der Waals surface area contributed by atoms with Gasteiger partial charge in [-0.3, -0.25) is 9.79 Å². The lowest BCUT2D eigenvalue weighted by molar-refractivity contribution is -0.117. The first-order chi connectivity index (χ1) is 15.1. The van der Waals surface area contributed by atoms with Crippen molar-refractivity contribution in [2.45, 2.75) is 25.9 Å². The smallest absolute Gasteiger partial charge is 0.227 e. The van der Waals surface area contributed by atoms with E-state index in [4.69, 9.17) is 4.74 Å². The van der Waals surface area contributed by atoms with E-state index >= 15 is 0 Å². The van der Waals surface area contributed by atoms with Gasteiger partial charge < -0.3 is 25.2 Å². The fraction of sp³-hybridized carbons (Fsp3) is 0.417. The summed E-state index contributed by atoms with van der Waals surface area (Å²) < 4.78 is 5.93. The lowest BCUT2D eigenvalue weighted by Gasteiger charge is -2.17. The fourth-order valence-corrected chi connectivity index (χ4v) is 3.43. The van der Waals surface area contributed by atoms with Gasteiger partial charge in [0.05, 0.1) is 0 Å². The van der Waals surface area contributed by atoms with Crippen LogP contribution in [0, 0.1) is 0 Å². The van der Waals surface area contributed by atoms with Gasteiger partial charge >= 0.3 is 0 Å². The van der Waals surface area contributed by atoms with Crippen molar-refractivity contribution in [3.8, 4) is 5.75 Å². The molecule has 0 saturated carbocycles. The van der Waals surface area contributed by atoms with Crippen LogP contribution in [0.3, 0.4) is 0 Å². The van der Waals surface area contributed by atoms with Crippen LogP contribution in [0.5, 0.6) is 5.75 Å². The molecule has 166 valence electrons. The second kappa shape index (κ2) is 11.4. The number of anilines is 1. The van der Waals surface area contributed by atoms with Crippen LogP contribution in [-0.4, -0.2) is 57.6 Å². The number of rotatable bonds is 9. The van der Waals surface area contributed by atoms with Gasteiger partial charge in [-0.2, -0.15) is 0 Å². The quantitative estimate of drug-likeness (QED) is 0.479. The molecule has 1 amide bonds. The molecule has 0 spiro atoms. The molecule has 1 fully saturated rings. The molecule has 1 aliphatic rings. The summed E-state index contributed by atoms with van der Waals surface area (Å²) in [4.78, 5) is 20.2. The second-order valence-electron chi connectivity index (χ2n) is 7.85. The number of benzene rings is 2. The molecule has 1 heterocycles. The predicted octanol–water partition coefficient (Wildman–Crippen LogP) is 2.62. The van der Waals surface area contributed by atoms with Crippen LogP contribution in [0.25, 0.3) is 0 Å². The lowest BCUT2D eigenvalue weighted by Crippen LogP contribution is -2.36. The van der Waals surface area contributed by atoms with Gasteiger partial charge in [0, 0.05) is 50.9 Å². The maximum atomic E-state index is 11.9. The van der Waals surface area contributed by atoms with Gasteiger partial charge in [0.1, 0.15) is 12.4 Å². The first kappa shape index (κ1) is 22.6. The van der Waals surface area contributed by atoms with Crippen molar-refractivity contribution in [3.05, 3.63) is 59.7 Å². The van der Waals surface area contributed by atoms with E-state index in [0.717, 1.165) is 48.0 Å². The van der Waals surface area contributed by atoms with E-state index in [2.05, 4.69) is 38.7 Å². The van der Waals surface area contributed by atoms with E-state index in [0.29, 0.717) is 26.1 Å². The largest absolute Gasteiger partial charge is 0.492 e. The van der Waals surface area contributed by atoms with Crippen LogP contribution < -0.4 is 20.3 Å². The van der Waals surface area contributed by atoms with E-state index in [1.165, 1.54) is 0 Å². The van der Waals surface area contributed by atoms with Crippen molar-refractivity contribution in [1.82, 2.24) is 15.5 Å². The lowest BCUT2D eigenvalue weighted by atomic mass is 10.2. The average molecular weight is 424 g/mol. The summed E-state index contributed by atoms with van der Waals surface area (Å²) in [6, 6.07) is 16.2. The SMILES string of the molecule is CN=C(NCc1ccc(N2CCCC2=O)cc1)NCc1ccccc1OCCN(C)C. The molecule has 0 atom stereocenters. The van der Waals surface area contributed by atoms with Crippen molar-refractivity contribution < 1.29 is 9.53 Å². The van der Waals surface area contributed by atoms with Crippen LogP contribution >= 0.6 is 0 Å². The molecule has 2 aromatic rings. The molecule has 3 rings (SSSR count). The van der Waals surface area contributed by atoms with E-state index in [1.807, 2.05) is 49.3 Å². The summed E-state index contributed by atoms with van der Waals surface area (Å²) in [6.07, 6.45) is 1.59. The van der Waals surface area contributed by atoms with Gasteiger partial charge in [-0.1, -0.05) is 30.3 Å². The monoisotopic (exact) mass is 423 g/mol. The molecule has 0 radical (unpaired) electrons. The molecule has 1 saturated heterocycles. The van der Waals surface area contributed by atoms with Gasteiger partial charge in [-0.25, -0.2) is 0 Å². The molecule has 2 N–H and O–H groups in total. The molecule has 2 aromatic carbocycles. The van der Waals surface area contributed by atoms with Crippen LogP contribution in [0.2, 0.25) is 0 Å². The zero-order valence-electron chi connectivity index (χ0n) is 18.7. The Balaban J connectivity index is 1.49. The van der Waals surface area contributed by atoms with Crippen molar-refractivity contribution in [1.29, 1.82) is 0 Å². The van der Waals surface area contributed by atoms with E-state index in [-0.39, 0.29) is 5.91 Å². The standard InChI is InChI=1S/C24H33N5O2/c1-25-24(27-18-20-7-4-5-8-22(20)31-16-15-28(2)3)26-17-19-10-12-21(13-11-19)29-14-6-9-23(29)30/h4-5,7-8,10-13H,6,9,14-18H2,1-3H3,(H2,25,26,27). The van der Waals surface area contributed by atoms with Gasteiger partial charge in [0.2, 0.25) is 5.91 Å². The summed E-state index contributed by atoms with van der Waals surface area (Å²) in [5, 5.41) is 6.70. The third kappa shape index (κ3) is 6.72. The number of nitrogens with one attached hydrogen (secondary N) is 2. The summed E-state index contributed by atoms with van der Waals surface area (Å²) >= 11 is 0. The number of carbonyl (C=O) groups is 1. The highest BCUT2D eigenvalue weighted by Gasteiger charge is 2.21. The number of ether oxygens (including phenoxy) is 1. The van der Waals surface area contributed by atoms with Crippen molar-refractivity contribution in [3.63, 3.8) is 0 Å². The summed E-state index contributed by atoms with van der Waals surface area (Å²) in [5.74, 6) is 1.82. The maximum Gasteiger partial charge on any atom is 0.227 e. The summed E-state index contributed by atoms with van der Waals surface area (Å²) in [7, 11) is 5.83. The van der Waals surface area contributed by atoms with E-state index in [9.17, 15) is 4.79 Å². The molecule has 0 aromatic heterocycles. The second-order valence-corrected chi connectivity index (χ2v) is 7.85. The third-order valence-corrected chi connectivity index (χ3v) is 5.22. The fourth-order valence-electron chi connectivity index (χ4n) is 3.43. The Morgan fingerprint density at radius 3 is 2.52 bits per heavy atom. The minimum atomic E-state index is 0.210. The number of amides is 1. The zero-order valence-corrected chi connectivity index (χ0v) is 18.7. The van der Waals surface area contributed by atoms with Gasteiger partial charge in [-0.15, -0.1) is 0 Å². The van der Waals surface area contributed by atoms with Crippen LogP contribution in [0.15, 0.2) is 53.5 Å². The Kier molecular flexibility index (Phi) is 8.29. The Bertz CT molecular complexity index is 880. The Hall–Kier alpha value is -3.06. The Morgan fingerprint density at radius 1 is 1.10 bits per heavy atom. The first-order valence-electron chi connectivity index (χ1n) is 10.8. The molecule has 0 aliphatic carbocycles. The van der Waals surface area contributed by atoms with Crippen LogP contribution in [-0.2, 0) is 17.9 Å². The minimum absolute atomic E-state index is 0.210. The molecule has 7 heteroatoms. The maximum absolute atomic E-state index is 11.9. The van der Waals surface area contributed by atoms with Crippen LogP contribution in [0.1, 0.15) is 24.0 Å². The Morgan fingerprint density at radius 2 is 1.84 bits per heavy atom. The highest BCUT2D eigenvalue weighted by molar-refractivity contribution is 5.95. The molecular formula is C24H33N5O2. The number of para-hydroxylation sites is 1. The molecule has 1 aliphatic heterocycles. The summed E-state index contributed by atoms with van der Waals surface area (Å²) in [5.41, 5.74) is 3.19. The number of aliphatic imine (C=N–C) groups is 1. The number of nitrogens with zero attached hydrogens (tertiary/aromatic N) is 3. The highest BCUT2D eigenvalue weighted by Crippen LogP contribution is 2.21. The van der Waals surface area contributed by atoms with Crippen molar-refractivity contribution in [2.24, 2.45) is 4.99 Å². The predicted molar refractivity (Wildman–Crippen MR) is 126 cm³/mol. The average Bonchev–Trinajstić information content (AvgIpc) is 3.21. The minimum Gasteiger partial charge on any atom is -0.492 e. The number of carbonyl (C=O) groups excluding carboxylic acids is 1. The molecule has 0 bridgehead atoms. The number of hydrogen-bond donors (Lipinski definition) is 2. The molecule has 7 nitrogen and oxygen atoms in total. The van der Waals surface area contributed by atoms with Crippen molar-refractivity contribution >= 4 is 17.6 Å². The third-order valence-electron chi connectivity index (χ3n) is 5.22. The number of guanidine groups is 1. The van der Waals surface area contributed by atoms with Crippen LogP contribution in [0.4, 0.5) is 5.69 Å². The highest BCUT2D eigenvalue weighted by atomic mass is 16.5. The normalized spacial score (nSPS) is 14.3. The Labute approximate surface area is 185 Å².